The standard InChI is InChI=1S/C15H19N7O/c1-21-14-12(6-19-21)17-8-18-15(14)20-11-4-10(5-13(11)23)7-22-3-2-16-9-22/h2-3,6,8-11,13,23H,4-5,7H2,1H3,(H,17,18,20)/t10?,11-,13-/m1/s1. The van der Waals surface area contributed by atoms with Crippen LogP contribution in [-0.4, -0.2) is 46.6 Å². The molecule has 3 atom stereocenters. The molecule has 2 N–H and O–H groups in total. The fourth-order valence-electron chi connectivity index (χ4n) is 3.40. The number of aromatic nitrogens is 6. The fraction of sp³-hybridized carbons (Fsp3) is 0.467. The Bertz CT molecular complexity index is 797. The zero-order chi connectivity index (χ0) is 15.8. The quantitative estimate of drug-likeness (QED) is 0.740. The van der Waals surface area contributed by atoms with Gasteiger partial charge in [-0.05, 0) is 18.8 Å². The maximum absolute atomic E-state index is 10.4. The van der Waals surface area contributed by atoms with Gasteiger partial charge in [0.2, 0.25) is 0 Å². The second-order valence-electron chi connectivity index (χ2n) is 6.14. The molecule has 0 spiro atoms. The van der Waals surface area contributed by atoms with Crippen LogP contribution < -0.4 is 5.32 Å². The maximum Gasteiger partial charge on any atom is 0.156 e. The minimum Gasteiger partial charge on any atom is -0.391 e. The predicted octanol–water partition coefficient (Wildman–Crippen LogP) is 0.811. The second kappa shape index (κ2) is 5.62. The lowest BCUT2D eigenvalue weighted by molar-refractivity contribution is 0.166. The van der Waals surface area contributed by atoms with Crippen LogP contribution in [0.3, 0.4) is 0 Å². The van der Waals surface area contributed by atoms with E-state index in [1.54, 1.807) is 17.1 Å². The molecular weight excluding hydrogens is 294 g/mol. The van der Waals surface area contributed by atoms with E-state index >= 15 is 0 Å². The number of aliphatic hydroxyl groups excluding tert-OH is 1. The molecule has 0 amide bonds. The first-order valence-electron chi connectivity index (χ1n) is 7.74. The highest BCUT2D eigenvalue weighted by Gasteiger charge is 2.33. The Morgan fingerprint density at radius 2 is 2.26 bits per heavy atom. The summed E-state index contributed by atoms with van der Waals surface area (Å²) >= 11 is 0. The van der Waals surface area contributed by atoms with Crippen molar-refractivity contribution in [3.63, 3.8) is 0 Å². The molecule has 4 rings (SSSR count). The molecule has 3 aromatic rings. The first kappa shape index (κ1) is 14.1. The van der Waals surface area contributed by atoms with Crippen molar-refractivity contribution in [3.05, 3.63) is 31.2 Å². The Morgan fingerprint density at radius 3 is 3.09 bits per heavy atom. The first-order chi connectivity index (χ1) is 11.2. The number of hydrogen-bond acceptors (Lipinski definition) is 6. The molecule has 120 valence electrons. The van der Waals surface area contributed by atoms with Gasteiger partial charge in [-0.25, -0.2) is 15.0 Å². The summed E-state index contributed by atoms with van der Waals surface area (Å²) in [6.45, 7) is 0.875. The molecule has 1 fully saturated rings. The molecule has 3 heterocycles. The van der Waals surface area contributed by atoms with E-state index in [-0.39, 0.29) is 12.1 Å². The molecule has 1 unspecified atom stereocenters. The van der Waals surface area contributed by atoms with Crippen LogP contribution in [0, 0.1) is 5.92 Å². The number of imidazole rings is 1. The zero-order valence-electron chi connectivity index (χ0n) is 12.9. The molecule has 1 aliphatic rings. The number of anilines is 1. The number of rotatable bonds is 4. The van der Waals surface area contributed by atoms with Crippen LogP contribution in [0.2, 0.25) is 0 Å². The molecule has 3 aromatic heterocycles. The normalized spacial score (nSPS) is 24.3. The highest BCUT2D eigenvalue weighted by atomic mass is 16.3. The molecular formula is C15H19N7O. The Hall–Kier alpha value is -2.48. The number of aryl methyl sites for hydroxylation is 1. The minimum atomic E-state index is -0.387. The van der Waals surface area contributed by atoms with Gasteiger partial charge in [-0.2, -0.15) is 5.10 Å². The molecule has 0 aliphatic heterocycles. The summed E-state index contributed by atoms with van der Waals surface area (Å²) < 4.78 is 3.81. The van der Waals surface area contributed by atoms with Gasteiger partial charge >= 0.3 is 0 Å². The van der Waals surface area contributed by atoms with E-state index < -0.39 is 0 Å². The molecule has 8 heteroatoms. The van der Waals surface area contributed by atoms with Gasteiger partial charge in [0.15, 0.2) is 5.82 Å². The third-order valence-corrected chi connectivity index (χ3v) is 4.50. The molecule has 23 heavy (non-hydrogen) atoms. The zero-order valence-corrected chi connectivity index (χ0v) is 12.9. The lowest BCUT2D eigenvalue weighted by atomic mass is 10.1. The topological polar surface area (TPSA) is 93.7 Å². The van der Waals surface area contributed by atoms with E-state index in [9.17, 15) is 5.11 Å². The van der Waals surface area contributed by atoms with Crippen molar-refractivity contribution in [3.8, 4) is 0 Å². The minimum absolute atomic E-state index is 0.0171. The van der Waals surface area contributed by atoms with E-state index in [0.29, 0.717) is 5.92 Å². The molecule has 8 nitrogen and oxygen atoms in total. The number of nitrogens with one attached hydrogen (secondary N) is 1. The predicted molar refractivity (Wildman–Crippen MR) is 84.7 cm³/mol. The van der Waals surface area contributed by atoms with Crippen molar-refractivity contribution in [2.75, 3.05) is 5.32 Å². The summed E-state index contributed by atoms with van der Waals surface area (Å²) in [5.74, 6) is 1.14. The van der Waals surface area contributed by atoms with E-state index in [2.05, 4.69) is 29.9 Å². The monoisotopic (exact) mass is 313 g/mol. The summed E-state index contributed by atoms with van der Waals surface area (Å²) in [7, 11) is 1.86. The van der Waals surface area contributed by atoms with Crippen LogP contribution in [0.25, 0.3) is 11.0 Å². The molecule has 0 aromatic carbocycles. The van der Waals surface area contributed by atoms with Gasteiger partial charge in [0, 0.05) is 26.0 Å². The SMILES string of the molecule is Cn1ncc2ncnc(N[C@@H]3CC(Cn4ccnc4)C[C@H]3O)c21. The fourth-order valence-corrected chi connectivity index (χ4v) is 3.40. The van der Waals surface area contributed by atoms with Crippen LogP contribution in [0.15, 0.2) is 31.2 Å². The Morgan fingerprint density at radius 1 is 1.35 bits per heavy atom. The highest BCUT2D eigenvalue weighted by Crippen LogP contribution is 2.30. The summed E-state index contributed by atoms with van der Waals surface area (Å²) in [5, 5.41) is 18.0. The van der Waals surface area contributed by atoms with Crippen molar-refractivity contribution < 1.29 is 5.11 Å². The summed E-state index contributed by atoms with van der Waals surface area (Å²) in [4.78, 5) is 12.6. The van der Waals surface area contributed by atoms with Gasteiger partial charge < -0.3 is 15.0 Å². The summed E-state index contributed by atoms with van der Waals surface area (Å²) in [6, 6.07) is -0.0171. The van der Waals surface area contributed by atoms with Crippen LogP contribution >= 0.6 is 0 Å². The lowest BCUT2D eigenvalue weighted by Gasteiger charge is -2.17. The number of fused-ring (bicyclic) bond motifs is 1. The molecule has 0 radical (unpaired) electrons. The summed E-state index contributed by atoms with van der Waals surface area (Å²) in [5.41, 5.74) is 1.66. The number of aliphatic hydroxyl groups is 1. The smallest absolute Gasteiger partial charge is 0.156 e. The highest BCUT2D eigenvalue weighted by molar-refractivity contribution is 5.85. The van der Waals surface area contributed by atoms with Gasteiger partial charge in [-0.1, -0.05) is 0 Å². The van der Waals surface area contributed by atoms with Crippen LogP contribution in [0.1, 0.15) is 12.8 Å². The third-order valence-electron chi connectivity index (χ3n) is 4.50. The van der Waals surface area contributed by atoms with Gasteiger partial charge in [0.25, 0.3) is 0 Å². The van der Waals surface area contributed by atoms with Gasteiger partial charge in [0.05, 0.1) is 24.7 Å². The Kier molecular flexibility index (Phi) is 3.45. The van der Waals surface area contributed by atoms with Crippen LogP contribution in [0.5, 0.6) is 0 Å². The molecule has 1 saturated carbocycles. The lowest BCUT2D eigenvalue weighted by Crippen LogP contribution is -2.28. The first-order valence-corrected chi connectivity index (χ1v) is 7.74. The van der Waals surface area contributed by atoms with Crippen molar-refractivity contribution in [1.29, 1.82) is 0 Å². The van der Waals surface area contributed by atoms with Crippen molar-refractivity contribution in [2.45, 2.75) is 31.5 Å². The van der Waals surface area contributed by atoms with E-state index in [0.717, 1.165) is 36.2 Å². The van der Waals surface area contributed by atoms with Crippen molar-refractivity contribution >= 4 is 16.9 Å². The molecule has 1 aliphatic carbocycles. The molecule has 0 saturated heterocycles. The van der Waals surface area contributed by atoms with Crippen molar-refractivity contribution in [1.82, 2.24) is 29.3 Å². The summed E-state index contributed by atoms with van der Waals surface area (Å²) in [6.07, 6.45) is 10.1. The largest absolute Gasteiger partial charge is 0.391 e. The van der Waals surface area contributed by atoms with Gasteiger partial charge in [-0.3, -0.25) is 4.68 Å². The average Bonchev–Trinajstić information content (AvgIpc) is 3.24. The van der Waals surface area contributed by atoms with Crippen LogP contribution in [0.4, 0.5) is 5.82 Å². The number of hydrogen-bond donors (Lipinski definition) is 2. The van der Waals surface area contributed by atoms with Crippen molar-refractivity contribution in [2.24, 2.45) is 13.0 Å². The van der Waals surface area contributed by atoms with E-state index in [1.807, 2.05) is 19.6 Å². The van der Waals surface area contributed by atoms with E-state index in [1.165, 1.54) is 6.33 Å². The Balaban J connectivity index is 1.51. The maximum atomic E-state index is 10.4. The molecule has 0 bridgehead atoms. The Labute approximate surface area is 133 Å². The van der Waals surface area contributed by atoms with Crippen LogP contribution in [-0.2, 0) is 13.6 Å². The van der Waals surface area contributed by atoms with Gasteiger partial charge in [0.1, 0.15) is 17.4 Å². The van der Waals surface area contributed by atoms with Gasteiger partial charge in [-0.15, -0.1) is 0 Å². The third kappa shape index (κ3) is 2.65. The number of nitrogens with zero attached hydrogens (tertiary/aromatic N) is 6. The van der Waals surface area contributed by atoms with E-state index in [4.69, 9.17) is 0 Å². The second-order valence-corrected chi connectivity index (χ2v) is 6.14. The average molecular weight is 313 g/mol.